The van der Waals surface area contributed by atoms with Gasteiger partial charge in [-0.25, -0.2) is 9.50 Å². The Morgan fingerprint density at radius 2 is 1.96 bits per heavy atom. The minimum absolute atomic E-state index is 0.152. The fourth-order valence-electron chi connectivity index (χ4n) is 3.89. The van der Waals surface area contributed by atoms with Crippen LogP contribution in [0.5, 0.6) is 5.75 Å². The van der Waals surface area contributed by atoms with E-state index in [9.17, 15) is 14.7 Å². The Balaban J connectivity index is 1.77. The van der Waals surface area contributed by atoms with Crippen LogP contribution in [-0.4, -0.2) is 38.6 Å². The van der Waals surface area contributed by atoms with Crippen LogP contribution in [0.15, 0.2) is 30.3 Å². The van der Waals surface area contributed by atoms with Crippen molar-refractivity contribution in [1.82, 2.24) is 14.6 Å². The fraction of sp³-hybridized carbons (Fsp3) is 0.300. The second-order valence-corrected chi connectivity index (χ2v) is 7.10. The number of fused-ring (bicyclic) bond motifs is 2. The molecule has 0 aliphatic heterocycles. The van der Waals surface area contributed by atoms with Gasteiger partial charge in [-0.15, -0.1) is 5.10 Å². The van der Waals surface area contributed by atoms with E-state index in [4.69, 9.17) is 4.74 Å². The van der Waals surface area contributed by atoms with Crippen LogP contribution in [0.2, 0.25) is 0 Å². The molecule has 2 aliphatic carbocycles. The highest BCUT2D eigenvalue weighted by atomic mass is 16.5. The lowest BCUT2D eigenvalue weighted by Crippen LogP contribution is -2.21. The van der Waals surface area contributed by atoms with Crippen molar-refractivity contribution >= 4 is 17.4 Å². The van der Waals surface area contributed by atoms with Crippen molar-refractivity contribution in [1.29, 1.82) is 0 Å². The zero-order valence-corrected chi connectivity index (χ0v) is 14.7. The third-order valence-electron chi connectivity index (χ3n) is 5.61. The summed E-state index contributed by atoms with van der Waals surface area (Å²) in [5.41, 5.74) is 2.94. The Morgan fingerprint density at radius 1 is 1.19 bits per heavy atom. The molecule has 7 heteroatoms. The number of carbonyl (C=O) groups excluding carboxylic acids is 1. The van der Waals surface area contributed by atoms with Gasteiger partial charge in [0.1, 0.15) is 5.41 Å². The highest BCUT2D eigenvalue weighted by molar-refractivity contribution is 6.02. The molecular weight excluding hydrogens is 346 g/mol. The summed E-state index contributed by atoms with van der Waals surface area (Å²) in [5, 5.41) is 14.2. The maximum atomic E-state index is 12.1. The molecule has 0 amide bonds. The number of benzene rings is 1. The van der Waals surface area contributed by atoms with E-state index in [-0.39, 0.29) is 5.78 Å². The van der Waals surface area contributed by atoms with E-state index >= 15 is 0 Å². The van der Waals surface area contributed by atoms with Gasteiger partial charge in [0.05, 0.1) is 12.8 Å². The van der Waals surface area contributed by atoms with Crippen molar-refractivity contribution < 1.29 is 19.4 Å². The predicted molar refractivity (Wildman–Crippen MR) is 96.2 cm³/mol. The number of hydrogen-bond donors (Lipinski definition) is 1. The van der Waals surface area contributed by atoms with Crippen molar-refractivity contribution in [3.8, 4) is 17.0 Å². The number of aliphatic carboxylic acids is 1. The Labute approximate surface area is 154 Å². The number of carboxylic acid groups (broad SMARTS) is 1. The van der Waals surface area contributed by atoms with Gasteiger partial charge in [0.25, 0.3) is 0 Å². The number of pyridine rings is 1. The maximum Gasteiger partial charge on any atom is 0.317 e. The van der Waals surface area contributed by atoms with Gasteiger partial charge in [0, 0.05) is 17.5 Å². The summed E-state index contributed by atoms with van der Waals surface area (Å²) in [6, 6.07) is 9.36. The minimum atomic E-state index is -0.997. The number of ether oxygens (including phenoxy) is 1. The van der Waals surface area contributed by atoms with Gasteiger partial charge in [-0.2, -0.15) is 0 Å². The molecule has 1 saturated carbocycles. The minimum Gasteiger partial charge on any atom is -0.493 e. The van der Waals surface area contributed by atoms with Crippen LogP contribution in [-0.2, 0) is 16.6 Å². The summed E-state index contributed by atoms with van der Waals surface area (Å²) >= 11 is 0. The quantitative estimate of drug-likeness (QED) is 0.766. The Kier molecular flexibility index (Phi) is 3.19. The second-order valence-electron chi connectivity index (χ2n) is 7.10. The molecule has 0 atom stereocenters. The van der Waals surface area contributed by atoms with E-state index < -0.39 is 11.4 Å². The van der Waals surface area contributed by atoms with Gasteiger partial charge in [-0.1, -0.05) is 18.2 Å². The third-order valence-corrected chi connectivity index (χ3v) is 5.61. The largest absolute Gasteiger partial charge is 0.493 e. The van der Waals surface area contributed by atoms with E-state index in [1.54, 1.807) is 17.7 Å². The van der Waals surface area contributed by atoms with Crippen LogP contribution in [0.4, 0.5) is 0 Å². The van der Waals surface area contributed by atoms with Crippen molar-refractivity contribution in [2.75, 3.05) is 7.11 Å². The van der Waals surface area contributed by atoms with Crippen molar-refractivity contribution in [2.24, 2.45) is 0 Å². The molecule has 5 rings (SSSR count). The van der Waals surface area contributed by atoms with Gasteiger partial charge in [-0.3, -0.25) is 9.59 Å². The molecule has 0 unspecified atom stereocenters. The van der Waals surface area contributed by atoms with E-state index in [0.29, 0.717) is 42.9 Å². The molecule has 0 saturated heterocycles. The molecule has 0 radical (unpaired) electrons. The summed E-state index contributed by atoms with van der Waals surface area (Å²) < 4.78 is 7.06. The lowest BCUT2D eigenvalue weighted by atomic mass is 10.00. The first-order valence-corrected chi connectivity index (χ1v) is 8.88. The summed E-state index contributed by atoms with van der Waals surface area (Å²) in [5.74, 6) is 0.0931. The summed E-state index contributed by atoms with van der Waals surface area (Å²) in [6.45, 7) is 0. The Bertz CT molecular complexity index is 1130. The van der Waals surface area contributed by atoms with Gasteiger partial charge >= 0.3 is 5.97 Å². The molecule has 0 bridgehead atoms. The number of carboxylic acids is 1. The molecule has 136 valence electrons. The van der Waals surface area contributed by atoms with Gasteiger partial charge in [-0.05, 0) is 37.0 Å². The number of hydrogen-bond acceptors (Lipinski definition) is 5. The van der Waals surface area contributed by atoms with Gasteiger partial charge in [0.15, 0.2) is 23.0 Å². The standard InChI is InChI=1S/C20H17N3O4/c1-27-16-8-6-14(12-3-2-4-13-11(12)5-7-15(13)24)23-17(16)21-18(22-23)20(9-10-20)19(25)26/h2-4,6,8H,5,7,9-10H2,1H3,(H,25,26). The van der Waals surface area contributed by atoms with Crippen LogP contribution in [0.1, 0.15) is 41.0 Å². The molecule has 2 aliphatic rings. The Hall–Kier alpha value is -3.22. The molecule has 1 aromatic carbocycles. The highest BCUT2D eigenvalue weighted by Crippen LogP contribution is 2.47. The van der Waals surface area contributed by atoms with E-state index in [1.807, 2.05) is 24.3 Å². The number of nitrogens with zero attached hydrogens (tertiary/aromatic N) is 3. The van der Waals surface area contributed by atoms with E-state index in [2.05, 4.69) is 10.1 Å². The third kappa shape index (κ3) is 2.14. The number of Topliss-reactive ketones (excluding diaryl/α,β-unsaturated/α-hetero) is 1. The topological polar surface area (TPSA) is 93.8 Å². The molecule has 2 aromatic heterocycles. The normalized spacial score (nSPS) is 17.1. The van der Waals surface area contributed by atoms with Crippen molar-refractivity contribution in [2.45, 2.75) is 31.1 Å². The first kappa shape index (κ1) is 16.0. The molecule has 0 spiro atoms. The number of rotatable bonds is 4. The second kappa shape index (κ2) is 5.39. The average Bonchev–Trinajstić information content (AvgIpc) is 3.23. The first-order chi connectivity index (χ1) is 13.0. The zero-order valence-electron chi connectivity index (χ0n) is 14.7. The highest BCUT2D eigenvalue weighted by Gasteiger charge is 2.55. The zero-order chi connectivity index (χ0) is 18.8. The lowest BCUT2D eigenvalue weighted by Gasteiger charge is -2.11. The van der Waals surface area contributed by atoms with Gasteiger partial charge < -0.3 is 9.84 Å². The van der Waals surface area contributed by atoms with E-state index in [0.717, 1.165) is 22.4 Å². The number of methoxy groups -OCH3 is 1. The Morgan fingerprint density at radius 3 is 2.67 bits per heavy atom. The maximum absolute atomic E-state index is 12.1. The lowest BCUT2D eigenvalue weighted by molar-refractivity contribution is -0.140. The number of aromatic nitrogens is 3. The first-order valence-electron chi connectivity index (χ1n) is 8.88. The molecule has 2 heterocycles. The summed E-state index contributed by atoms with van der Waals surface area (Å²) in [4.78, 5) is 28.3. The van der Waals surface area contributed by atoms with Crippen LogP contribution in [0.25, 0.3) is 16.9 Å². The SMILES string of the molecule is COc1ccc(-c2cccc3c2CCC3=O)n2nc(C3(C(=O)O)CC3)nc12. The van der Waals surface area contributed by atoms with Crippen LogP contribution < -0.4 is 4.74 Å². The molecule has 1 fully saturated rings. The van der Waals surface area contributed by atoms with Crippen LogP contribution >= 0.6 is 0 Å². The molecule has 3 aromatic rings. The smallest absolute Gasteiger partial charge is 0.317 e. The summed E-state index contributed by atoms with van der Waals surface area (Å²) in [6.07, 6.45) is 2.27. The number of carbonyl (C=O) groups is 2. The van der Waals surface area contributed by atoms with Gasteiger partial charge in [0.2, 0.25) is 0 Å². The van der Waals surface area contributed by atoms with Crippen LogP contribution in [0, 0.1) is 0 Å². The number of ketones is 1. The predicted octanol–water partition coefficient (Wildman–Crippen LogP) is 2.65. The van der Waals surface area contributed by atoms with Crippen molar-refractivity contribution in [3.63, 3.8) is 0 Å². The van der Waals surface area contributed by atoms with E-state index in [1.165, 1.54) is 0 Å². The molecule has 27 heavy (non-hydrogen) atoms. The van der Waals surface area contributed by atoms with Crippen molar-refractivity contribution in [3.05, 3.63) is 47.3 Å². The van der Waals surface area contributed by atoms with Crippen LogP contribution in [0.3, 0.4) is 0 Å². The molecular formula is C20H17N3O4. The average molecular weight is 363 g/mol. The fourth-order valence-corrected chi connectivity index (χ4v) is 3.89. The summed E-state index contributed by atoms with van der Waals surface area (Å²) in [7, 11) is 1.55. The monoisotopic (exact) mass is 363 g/mol. The molecule has 1 N–H and O–H groups in total. The molecule has 7 nitrogen and oxygen atoms in total.